The first-order valence-electron chi connectivity index (χ1n) is 6.97. The Labute approximate surface area is 112 Å². The van der Waals surface area contributed by atoms with Gasteiger partial charge in [-0.25, -0.2) is 4.98 Å². The number of imidazole rings is 1. The fraction of sp³-hybridized carbons (Fsp3) is 0.615. The van der Waals surface area contributed by atoms with Crippen molar-refractivity contribution < 1.29 is 0 Å². The molecule has 2 heterocycles. The van der Waals surface area contributed by atoms with E-state index in [1.165, 1.54) is 32.1 Å². The molecular weight excluding hydrogens is 240 g/mol. The lowest BCUT2D eigenvalue weighted by atomic mass is 9.84. The van der Waals surface area contributed by atoms with Gasteiger partial charge in [0.05, 0.1) is 6.33 Å². The predicted octanol–water partition coefficient (Wildman–Crippen LogP) is 2.32. The van der Waals surface area contributed by atoms with Crippen LogP contribution in [0.25, 0.3) is 11.2 Å². The summed E-state index contributed by atoms with van der Waals surface area (Å²) in [5.74, 6) is 1.74. The maximum absolute atomic E-state index is 5.72. The standard InChI is InChI=1S/C13H20N6/c1-8(9-5-3-2-4-6-9)17-12-10-11(16-7-15-10)18-13(14)19-12/h7-9H,2-6H2,1H3,(H4,14,15,16,17,18,19). The second-order valence-electron chi connectivity index (χ2n) is 5.36. The van der Waals surface area contributed by atoms with Crippen LogP contribution in [0.5, 0.6) is 0 Å². The summed E-state index contributed by atoms with van der Waals surface area (Å²) in [6.07, 6.45) is 8.25. The third kappa shape index (κ3) is 2.47. The molecule has 1 saturated carbocycles. The zero-order valence-corrected chi connectivity index (χ0v) is 11.2. The van der Waals surface area contributed by atoms with E-state index in [4.69, 9.17) is 5.73 Å². The highest BCUT2D eigenvalue weighted by molar-refractivity contribution is 5.83. The third-order valence-electron chi connectivity index (χ3n) is 4.02. The molecule has 2 aromatic heterocycles. The van der Waals surface area contributed by atoms with Crippen molar-refractivity contribution in [2.24, 2.45) is 5.92 Å². The number of aromatic nitrogens is 4. The van der Waals surface area contributed by atoms with Crippen molar-refractivity contribution in [3.05, 3.63) is 6.33 Å². The molecule has 3 rings (SSSR count). The van der Waals surface area contributed by atoms with Gasteiger partial charge in [-0.3, -0.25) is 0 Å². The van der Waals surface area contributed by atoms with Crippen LogP contribution in [0.4, 0.5) is 11.8 Å². The van der Waals surface area contributed by atoms with Gasteiger partial charge in [-0.15, -0.1) is 0 Å². The number of rotatable bonds is 3. The van der Waals surface area contributed by atoms with Crippen molar-refractivity contribution >= 4 is 22.9 Å². The van der Waals surface area contributed by atoms with Crippen molar-refractivity contribution in [1.29, 1.82) is 0 Å². The normalized spacial score (nSPS) is 18.6. The Balaban J connectivity index is 1.82. The minimum Gasteiger partial charge on any atom is -0.368 e. The van der Waals surface area contributed by atoms with Crippen molar-refractivity contribution in [1.82, 2.24) is 19.9 Å². The minimum absolute atomic E-state index is 0.262. The Morgan fingerprint density at radius 1 is 1.32 bits per heavy atom. The lowest BCUT2D eigenvalue weighted by Gasteiger charge is -2.28. The number of nitrogens with zero attached hydrogens (tertiary/aromatic N) is 3. The number of hydrogen-bond donors (Lipinski definition) is 3. The Kier molecular flexibility index (Phi) is 3.23. The summed E-state index contributed by atoms with van der Waals surface area (Å²) in [5.41, 5.74) is 7.17. The van der Waals surface area contributed by atoms with Crippen LogP contribution in [-0.4, -0.2) is 26.0 Å². The highest BCUT2D eigenvalue weighted by Gasteiger charge is 2.21. The van der Waals surface area contributed by atoms with E-state index in [1.807, 2.05) is 0 Å². The molecule has 4 N–H and O–H groups in total. The van der Waals surface area contributed by atoms with Gasteiger partial charge in [0, 0.05) is 6.04 Å². The number of nitrogens with two attached hydrogens (primary N) is 1. The zero-order valence-electron chi connectivity index (χ0n) is 11.2. The zero-order chi connectivity index (χ0) is 13.2. The molecule has 0 amide bonds. The Morgan fingerprint density at radius 3 is 2.89 bits per heavy atom. The van der Waals surface area contributed by atoms with E-state index in [0.717, 1.165) is 11.3 Å². The second-order valence-corrected chi connectivity index (χ2v) is 5.36. The number of nitrogen functional groups attached to an aromatic ring is 1. The summed E-state index contributed by atoms with van der Waals surface area (Å²) in [4.78, 5) is 15.6. The SMILES string of the molecule is CC(Nc1nc(N)nc2nc[nH]c12)C1CCCCC1. The first-order chi connectivity index (χ1) is 9.24. The smallest absolute Gasteiger partial charge is 0.224 e. The van der Waals surface area contributed by atoms with Crippen LogP contribution in [-0.2, 0) is 0 Å². The Bertz CT molecular complexity index is 557. The molecular formula is C13H20N6. The van der Waals surface area contributed by atoms with Gasteiger partial charge < -0.3 is 16.0 Å². The number of fused-ring (bicyclic) bond motifs is 1. The fourth-order valence-electron chi connectivity index (χ4n) is 2.92. The molecule has 102 valence electrons. The first kappa shape index (κ1) is 12.2. The summed E-state index contributed by atoms with van der Waals surface area (Å²) in [7, 11) is 0. The molecule has 2 aromatic rings. The lowest BCUT2D eigenvalue weighted by Crippen LogP contribution is -2.28. The van der Waals surface area contributed by atoms with Gasteiger partial charge in [0.1, 0.15) is 5.52 Å². The molecule has 19 heavy (non-hydrogen) atoms. The van der Waals surface area contributed by atoms with Gasteiger partial charge in [0.15, 0.2) is 11.5 Å². The van der Waals surface area contributed by atoms with E-state index in [1.54, 1.807) is 6.33 Å². The van der Waals surface area contributed by atoms with E-state index in [0.29, 0.717) is 17.6 Å². The van der Waals surface area contributed by atoms with Gasteiger partial charge in [-0.05, 0) is 25.7 Å². The van der Waals surface area contributed by atoms with Crippen molar-refractivity contribution in [2.75, 3.05) is 11.1 Å². The van der Waals surface area contributed by atoms with Crippen LogP contribution in [0.2, 0.25) is 0 Å². The maximum atomic E-state index is 5.72. The predicted molar refractivity (Wildman–Crippen MR) is 75.8 cm³/mol. The summed E-state index contributed by atoms with van der Waals surface area (Å²) in [6.45, 7) is 2.22. The molecule has 1 fully saturated rings. The third-order valence-corrected chi connectivity index (χ3v) is 4.02. The molecule has 1 unspecified atom stereocenters. The van der Waals surface area contributed by atoms with Crippen molar-refractivity contribution in [3.63, 3.8) is 0 Å². The van der Waals surface area contributed by atoms with Crippen molar-refractivity contribution in [2.45, 2.75) is 45.1 Å². The van der Waals surface area contributed by atoms with E-state index < -0.39 is 0 Å². The van der Waals surface area contributed by atoms with E-state index in [2.05, 4.69) is 32.2 Å². The molecule has 1 aliphatic rings. The molecule has 0 saturated heterocycles. The van der Waals surface area contributed by atoms with Crippen LogP contribution >= 0.6 is 0 Å². The van der Waals surface area contributed by atoms with Gasteiger partial charge >= 0.3 is 0 Å². The molecule has 0 spiro atoms. The van der Waals surface area contributed by atoms with Gasteiger partial charge in [-0.2, -0.15) is 9.97 Å². The van der Waals surface area contributed by atoms with Crippen LogP contribution in [0.1, 0.15) is 39.0 Å². The summed E-state index contributed by atoms with van der Waals surface area (Å²) < 4.78 is 0. The van der Waals surface area contributed by atoms with E-state index >= 15 is 0 Å². The molecule has 1 atom stereocenters. The summed E-state index contributed by atoms with van der Waals surface area (Å²) in [6, 6.07) is 0.390. The largest absolute Gasteiger partial charge is 0.368 e. The minimum atomic E-state index is 0.262. The average Bonchev–Trinajstić information content (AvgIpc) is 2.88. The number of hydrogen-bond acceptors (Lipinski definition) is 5. The van der Waals surface area contributed by atoms with E-state index in [-0.39, 0.29) is 5.95 Å². The number of H-pyrrole nitrogens is 1. The van der Waals surface area contributed by atoms with Crippen LogP contribution in [0.3, 0.4) is 0 Å². The quantitative estimate of drug-likeness (QED) is 0.787. The van der Waals surface area contributed by atoms with Gasteiger partial charge in [0.25, 0.3) is 0 Å². The number of nitrogens with one attached hydrogen (secondary N) is 2. The maximum Gasteiger partial charge on any atom is 0.224 e. The monoisotopic (exact) mass is 260 g/mol. The lowest BCUT2D eigenvalue weighted by molar-refractivity contribution is 0.328. The molecule has 0 aromatic carbocycles. The fourth-order valence-corrected chi connectivity index (χ4v) is 2.92. The van der Waals surface area contributed by atoms with E-state index in [9.17, 15) is 0 Å². The topological polar surface area (TPSA) is 92.5 Å². The summed E-state index contributed by atoms with van der Waals surface area (Å²) in [5, 5.41) is 3.48. The summed E-state index contributed by atoms with van der Waals surface area (Å²) >= 11 is 0. The molecule has 6 nitrogen and oxygen atoms in total. The van der Waals surface area contributed by atoms with Gasteiger partial charge in [-0.1, -0.05) is 19.3 Å². The Hall–Kier alpha value is -1.85. The molecule has 6 heteroatoms. The van der Waals surface area contributed by atoms with Crippen LogP contribution in [0.15, 0.2) is 6.33 Å². The first-order valence-corrected chi connectivity index (χ1v) is 6.97. The average molecular weight is 260 g/mol. The highest BCUT2D eigenvalue weighted by Crippen LogP contribution is 2.28. The second kappa shape index (κ2) is 5.03. The van der Waals surface area contributed by atoms with Crippen LogP contribution in [0, 0.1) is 5.92 Å². The molecule has 0 aliphatic heterocycles. The van der Waals surface area contributed by atoms with Gasteiger partial charge in [0.2, 0.25) is 5.95 Å². The highest BCUT2D eigenvalue weighted by atomic mass is 15.1. The number of anilines is 2. The number of aromatic amines is 1. The van der Waals surface area contributed by atoms with Crippen LogP contribution < -0.4 is 11.1 Å². The Morgan fingerprint density at radius 2 is 2.11 bits per heavy atom. The molecule has 0 bridgehead atoms. The molecule has 0 radical (unpaired) electrons. The van der Waals surface area contributed by atoms with Crippen molar-refractivity contribution in [3.8, 4) is 0 Å². The molecule has 1 aliphatic carbocycles.